The van der Waals surface area contributed by atoms with Gasteiger partial charge in [-0.25, -0.2) is 4.79 Å². The van der Waals surface area contributed by atoms with Crippen LogP contribution in [0.1, 0.15) is 48.9 Å². The van der Waals surface area contributed by atoms with Crippen LogP contribution >= 0.6 is 34.5 Å². The molecule has 1 heterocycles. The fourth-order valence-corrected chi connectivity index (χ4v) is 7.67. The van der Waals surface area contributed by atoms with E-state index < -0.39 is 5.97 Å². The second kappa shape index (κ2) is 6.61. The van der Waals surface area contributed by atoms with E-state index in [0.29, 0.717) is 20.4 Å². The Bertz CT molecular complexity index is 1010. The van der Waals surface area contributed by atoms with Gasteiger partial charge in [0.2, 0.25) is 5.43 Å². The van der Waals surface area contributed by atoms with Crippen molar-refractivity contribution in [3.05, 3.63) is 38.0 Å². The standard InChI is InChI=1S/C21H21Cl2NO3S/c1-27-20(26)17-18(25)13-5-14(22)15(23)6-16(13)28-19(17)24-21-7-10-2-11(8-21)4-12(3-10)9-21/h5-6,10-12,24H,2-4,7-9H2,1H3. The van der Waals surface area contributed by atoms with Gasteiger partial charge >= 0.3 is 5.97 Å². The number of methoxy groups -OCH3 is 1. The first-order valence-corrected chi connectivity index (χ1v) is 11.3. The molecule has 4 aliphatic rings. The minimum Gasteiger partial charge on any atom is -0.465 e. The molecule has 1 N–H and O–H groups in total. The van der Waals surface area contributed by atoms with Gasteiger partial charge in [0.05, 0.1) is 17.2 Å². The molecule has 2 aromatic rings. The van der Waals surface area contributed by atoms with E-state index in [4.69, 9.17) is 27.9 Å². The number of hydrogen-bond acceptors (Lipinski definition) is 5. The van der Waals surface area contributed by atoms with Crippen LogP contribution in [-0.2, 0) is 4.74 Å². The van der Waals surface area contributed by atoms with Crippen LogP contribution in [0.25, 0.3) is 10.1 Å². The van der Waals surface area contributed by atoms with Gasteiger partial charge in [0.25, 0.3) is 0 Å². The predicted molar refractivity (Wildman–Crippen MR) is 114 cm³/mol. The van der Waals surface area contributed by atoms with E-state index in [2.05, 4.69) is 5.32 Å². The third-order valence-corrected chi connectivity index (χ3v) is 8.53. The molecule has 4 bridgehead atoms. The van der Waals surface area contributed by atoms with Crippen molar-refractivity contribution in [3.8, 4) is 0 Å². The van der Waals surface area contributed by atoms with Gasteiger partial charge in [-0.15, -0.1) is 11.3 Å². The Balaban J connectivity index is 1.65. The highest BCUT2D eigenvalue weighted by atomic mass is 35.5. The summed E-state index contributed by atoms with van der Waals surface area (Å²) in [7, 11) is 1.31. The molecule has 0 amide bonds. The number of rotatable bonds is 3. The monoisotopic (exact) mass is 437 g/mol. The van der Waals surface area contributed by atoms with Crippen molar-refractivity contribution in [2.75, 3.05) is 12.4 Å². The van der Waals surface area contributed by atoms with Gasteiger partial charge in [0.15, 0.2) is 0 Å². The number of carbonyl (C=O) groups excluding carboxylic acids is 1. The molecular weight excluding hydrogens is 417 g/mol. The van der Waals surface area contributed by atoms with Crippen LogP contribution < -0.4 is 10.7 Å². The molecule has 148 valence electrons. The van der Waals surface area contributed by atoms with Crippen molar-refractivity contribution in [3.63, 3.8) is 0 Å². The second-order valence-electron chi connectivity index (χ2n) is 8.71. The number of carbonyl (C=O) groups is 1. The zero-order valence-electron chi connectivity index (χ0n) is 15.5. The third kappa shape index (κ3) is 2.94. The predicted octanol–water partition coefficient (Wildman–Crippen LogP) is 5.74. The Labute approximate surface area is 177 Å². The molecule has 0 unspecified atom stereocenters. The summed E-state index contributed by atoms with van der Waals surface area (Å²) in [4.78, 5) is 25.7. The number of nitrogens with one attached hydrogen (secondary N) is 1. The second-order valence-corrected chi connectivity index (χ2v) is 10.6. The van der Waals surface area contributed by atoms with Crippen LogP contribution in [0.3, 0.4) is 0 Å². The lowest BCUT2D eigenvalue weighted by atomic mass is 9.53. The van der Waals surface area contributed by atoms with Gasteiger partial charge in [-0.2, -0.15) is 0 Å². The fourth-order valence-electron chi connectivity index (χ4n) is 6.07. The molecule has 1 aromatic carbocycles. The average Bonchev–Trinajstić information content (AvgIpc) is 2.62. The van der Waals surface area contributed by atoms with Crippen LogP contribution in [0.4, 0.5) is 5.00 Å². The van der Waals surface area contributed by atoms with Crippen molar-refractivity contribution in [2.24, 2.45) is 17.8 Å². The Hall–Kier alpha value is -1.30. The summed E-state index contributed by atoms with van der Waals surface area (Å²) >= 11 is 13.7. The number of halogens is 2. The minimum absolute atomic E-state index is 0.0235. The lowest BCUT2D eigenvalue weighted by Gasteiger charge is -2.57. The lowest BCUT2D eigenvalue weighted by Crippen LogP contribution is -2.55. The highest BCUT2D eigenvalue weighted by Crippen LogP contribution is 2.57. The van der Waals surface area contributed by atoms with E-state index in [1.54, 1.807) is 12.1 Å². The lowest BCUT2D eigenvalue weighted by molar-refractivity contribution is 0.0108. The average molecular weight is 438 g/mol. The summed E-state index contributed by atoms with van der Waals surface area (Å²) in [6.45, 7) is 0. The molecule has 6 rings (SSSR count). The summed E-state index contributed by atoms with van der Waals surface area (Å²) in [6, 6.07) is 3.25. The molecule has 0 aliphatic heterocycles. The maximum absolute atomic E-state index is 13.2. The minimum atomic E-state index is -0.610. The molecule has 0 radical (unpaired) electrons. The van der Waals surface area contributed by atoms with E-state index in [9.17, 15) is 9.59 Å². The topological polar surface area (TPSA) is 55.4 Å². The number of fused-ring (bicyclic) bond motifs is 1. The normalized spacial score (nSPS) is 30.6. The molecule has 0 atom stereocenters. The van der Waals surface area contributed by atoms with E-state index in [-0.39, 0.29) is 16.5 Å². The zero-order valence-corrected chi connectivity index (χ0v) is 17.8. The summed E-state index contributed by atoms with van der Waals surface area (Å²) in [5, 5.41) is 5.38. The number of esters is 1. The number of hydrogen-bond donors (Lipinski definition) is 1. The quantitative estimate of drug-likeness (QED) is 0.622. The van der Waals surface area contributed by atoms with Gasteiger partial charge < -0.3 is 10.1 Å². The Morgan fingerprint density at radius 3 is 2.25 bits per heavy atom. The number of ether oxygens (including phenoxy) is 1. The molecule has 4 fully saturated rings. The van der Waals surface area contributed by atoms with Crippen molar-refractivity contribution in [1.82, 2.24) is 0 Å². The van der Waals surface area contributed by atoms with Crippen LogP contribution in [0.2, 0.25) is 10.0 Å². The maximum atomic E-state index is 13.2. The highest BCUT2D eigenvalue weighted by Gasteiger charge is 2.51. The largest absolute Gasteiger partial charge is 0.465 e. The SMILES string of the molecule is COC(=O)c1c(NC23CC4CC(CC(C4)C2)C3)sc2cc(Cl)c(Cl)cc2c1=O. The molecule has 28 heavy (non-hydrogen) atoms. The smallest absolute Gasteiger partial charge is 0.344 e. The van der Waals surface area contributed by atoms with E-state index in [1.165, 1.54) is 37.7 Å². The Morgan fingerprint density at radius 2 is 1.68 bits per heavy atom. The van der Waals surface area contributed by atoms with Gasteiger partial charge in [-0.05, 0) is 68.4 Å². The third-order valence-electron chi connectivity index (χ3n) is 6.74. The summed E-state index contributed by atoms with van der Waals surface area (Å²) in [5.74, 6) is 1.66. The van der Waals surface area contributed by atoms with Crippen molar-refractivity contribution < 1.29 is 9.53 Å². The van der Waals surface area contributed by atoms with Crippen LogP contribution in [-0.4, -0.2) is 18.6 Å². The molecule has 0 saturated heterocycles. The molecule has 7 heteroatoms. The van der Waals surface area contributed by atoms with Gasteiger partial charge in [0.1, 0.15) is 10.6 Å². The number of benzene rings is 1. The van der Waals surface area contributed by atoms with Gasteiger partial charge in [-0.1, -0.05) is 23.2 Å². The zero-order chi connectivity index (χ0) is 19.6. The molecule has 4 aliphatic carbocycles. The molecular formula is C21H21Cl2NO3S. The Kier molecular flexibility index (Phi) is 4.42. The van der Waals surface area contributed by atoms with E-state index in [1.807, 2.05) is 0 Å². The molecule has 1 aromatic heterocycles. The number of anilines is 1. The summed E-state index contributed by atoms with van der Waals surface area (Å²) < 4.78 is 5.67. The molecule has 4 saturated carbocycles. The van der Waals surface area contributed by atoms with Crippen molar-refractivity contribution in [2.45, 2.75) is 44.1 Å². The fraction of sp³-hybridized carbons (Fsp3) is 0.524. The van der Waals surface area contributed by atoms with Crippen LogP contribution in [0.5, 0.6) is 0 Å². The van der Waals surface area contributed by atoms with E-state index in [0.717, 1.165) is 41.7 Å². The molecule has 4 nitrogen and oxygen atoms in total. The maximum Gasteiger partial charge on any atom is 0.344 e. The first kappa shape index (κ1) is 18.7. The van der Waals surface area contributed by atoms with Crippen LogP contribution in [0.15, 0.2) is 16.9 Å². The van der Waals surface area contributed by atoms with Crippen molar-refractivity contribution in [1.29, 1.82) is 0 Å². The summed E-state index contributed by atoms with van der Waals surface area (Å²) in [6.07, 6.45) is 7.31. The Morgan fingerprint density at radius 1 is 1.11 bits per heavy atom. The van der Waals surface area contributed by atoms with Gasteiger partial charge in [-0.3, -0.25) is 4.79 Å². The highest BCUT2D eigenvalue weighted by molar-refractivity contribution is 7.22. The molecule has 0 spiro atoms. The van der Waals surface area contributed by atoms with Crippen LogP contribution in [0, 0.1) is 17.8 Å². The van der Waals surface area contributed by atoms with Crippen molar-refractivity contribution >= 4 is 55.6 Å². The van der Waals surface area contributed by atoms with Gasteiger partial charge in [0, 0.05) is 15.6 Å². The first-order valence-electron chi connectivity index (χ1n) is 9.70. The first-order chi connectivity index (χ1) is 13.4. The van der Waals surface area contributed by atoms with E-state index >= 15 is 0 Å². The summed E-state index contributed by atoms with van der Waals surface area (Å²) in [5.41, 5.74) is -0.301.